The number of nitrogens with zero attached hydrogens (tertiary/aromatic N) is 1. The minimum Gasteiger partial charge on any atom is -0.338 e. The largest absolute Gasteiger partial charge is 0.338 e. The van der Waals surface area contributed by atoms with Crippen LogP contribution in [-0.4, -0.2) is 12.8 Å². The summed E-state index contributed by atoms with van der Waals surface area (Å²) in [7, 11) is 2.00. The van der Waals surface area contributed by atoms with Gasteiger partial charge in [0.1, 0.15) is 0 Å². The van der Waals surface area contributed by atoms with Gasteiger partial charge in [0.05, 0.1) is 10.7 Å². The molecule has 4 rings (SSSR count). The SMILES string of the molecule is CN1/C(=C/C(=O)c2cccc3ccccc23)Sc2ccccc21. The molecule has 1 heterocycles. The lowest BCUT2D eigenvalue weighted by atomic mass is 10.0. The molecule has 0 aromatic heterocycles. The van der Waals surface area contributed by atoms with Gasteiger partial charge in [-0.25, -0.2) is 0 Å². The molecule has 0 saturated carbocycles. The summed E-state index contributed by atoms with van der Waals surface area (Å²) in [6, 6.07) is 22.1. The first-order chi connectivity index (χ1) is 11.2. The van der Waals surface area contributed by atoms with Gasteiger partial charge in [0.15, 0.2) is 5.78 Å². The number of ketones is 1. The highest BCUT2D eigenvalue weighted by atomic mass is 32.2. The topological polar surface area (TPSA) is 20.3 Å². The summed E-state index contributed by atoms with van der Waals surface area (Å²) in [6.45, 7) is 0. The monoisotopic (exact) mass is 317 g/mol. The molecule has 3 aromatic carbocycles. The first-order valence-electron chi connectivity index (χ1n) is 7.48. The maximum absolute atomic E-state index is 12.8. The van der Waals surface area contributed by atoms with Crippen LogP contribution in [0.1, 0.15) is 10.4 Å². The zero-order valence-corrected chi connectivity index (χ0v) is 13.5. The Balaban J connectivity index is 1.73. The molecule has 3 aromatic rings. The molecule has 0 aliphatic carbocycles. The van der Waals surface area contributed by atoms with Gasteiger partial charge in [-0.1, -0.05) is 66.4 Å². The third kappa shape index (κ3) is 2.43. The van der Waals surface area contributed by atoms with Gasteiger partial charge < -0.3 is 4.90 Å². The minimum atomic E-state index is 0.0453. The number of benzene rings is 3. The number of hydrogen-bond acceptors (Lipinski definition) is 3. The summed E-state index contributed by atoms with van der Waals surface area (Å²) < 4.78 is 0. The van der Waals surface area contributed by atoms with Gasteiger partial charge >= 0.3 is 0 Å². The van der Waals surface area contributed by atoms with E-state index in [0.29, 0.717) is 0 Å². The van der Waals surface area contributed by atoms with Crippen molar-refractivity contribution >= 4 is 34.0 Å². The normalized spacial score (nSPS) is 15.2. The minimum absolute atomic E-state index is 0.0453. The maximum Gasteiger partial charge on any atom is 0.189 e. The summed E-state index contributed by atoms with van der Waals surface area (Å²) in [5, 5.41) is 3.05. The van der Waals surface area contributed by atoms with Gasteiger partial charge in [-0.3, -0.25) is 4.79 Å². The Hall–Kier alpha value is -2.52. The predicted molar refractivity (Wildman–Crippen MR) is 97.1 cm³/mol. The molecule has 1 aliphatic heterocycles. The van der Waals surface area contributed by atoms with Crippen molar-refractivity contribution in [2.45, 2.75) is 4.90 Å². The second-order valence-corrected chi connectivity index (χ2v) is 6.56. The molecule has 23 heavy (non-hydrogen) atoms. The average Bonchev–Trinajstić information content (AvgIpc) is 2.90. The van der Waals surface area contributed by atoms with E-state index in [4.69, 9.17) is 0 Å². The maximum atomic E-state index is 12.8. The number of para-hydroxylation sites is 1. The molecule has 0 bridgehead atoms. The number of rotatable bonds is 2. The zero-order valence-electron chi connectivity index (χ0n) is 12.7. The fourth-order valence-electron chi connectivity index (χ4n) is 2.88. The van der Waals surface area contributed by atoms with Crippen LogP contribution in [0.5, 0.6) is 0 Å². The highest BCUT2D eigenvalue weighted by Crippen LogP contribution is 2.44. The molecule has 3 heteroatoms. The predicted octanol–water partition coefficient (Wildman–Crippen LogP) is 5.11. The van der Waals surface area contributed by atoms with E-state index in [9.17, 15) is 4.79 Å². The van der Waals surface area contributed by atoms with E-state index in [2.05, 4.69) is 17.0 Å². The van der Waals surface area contributed by atoms with E-state index < -0.39 is 0 Å². The van der Waals surface area contributed by atoms with Crippen LogP contribution < -0.4 is 4.90 Å². The van der Waals surface area contributed by atoms with E-state index in [1.54, 1.807) is 17.8 Å². The van der Waals surface area contributed by atoms with Crippen molar-refractivity contribution in [3.63, 3.8) is 0 Å². The van der Waals surface area contributed by atoms with Crippen molar-refractivity contribution < 1.29 is 4.79 Å². The summed E-state index contributed by atoms with van der Waals surface area (Å²) in [6.07, 6.45) is 1.74. The first kappa shape index (κ1) is 14.1. The van der Waals surface area contributed by atoms with Gasteiger partial charge in [-0.2, -0.15) is 0 Å². The lowest BCUT2D eigenvalue weighted by Gasteiger charge is -2.13. The zero-order chi connectivity index (χ0) is 15.8. The molecular weight excluding hydrogens is 302 g/mol. The van der Waals surface area contributed by atoms with Crippen molar-refractivity contribution in [1.82, 2.24) is 0 Å². The van der Waals surface area contributed by atoms with E-state index in [0.717, 1.165) is 27.1 Å². The summed E-state index contributed by atoms with van der Waals surface area (Å²) in [5.41, 5.74) is 1.90. The molecule has 0 N–H and O–H groups in total. The van der Waals surface area contributed by atoms with Crippen LogP contribution in [-0.2, 0) is 0 Å². The van der Waals surface area contributed by atoms with Crippen molar-refractivity contribution in [3.8, 4) is 0 Å². The highest BCUT2D eigenvalue weighted by Gasteiger charge is 2.22. The fraction of sp³-hybridized carbons (Fsp3) is 0.0500. The molecule has 0 radical (unpaired) electrons. The first-order valence-corrected chi connectivity index (χ1v) is 8.30. The van der Waals surface area contributed by atoms with Crippen molar-refractivity contribution in [2.24, 2.45) is 0 Å². The molecule has 0 amide bonds. The Morgan fingerprint density at radius 1 is 0.957 bits per heavy atom. The van der Waals surface area contributed by atoms with Crippen LogP contribution in [0.15, 0.2) is 82.7 Å². The summed E-state index contributed by atoms with van der Waals surface area (Å²) in [5.74, 6) is 0.0453. The van der Waals surface area contributed by atoms with Crippen molar-refractivity contribution in [3.05, 3.63) is 83.4 Å². The van der Waals surface area contributed by atoms with Crippen LogP contribution >= 0.6 is 11.8 Å². The van der Waals surface area contributed by atoms with Gasteiger partial charge in [0.25, 0.3) is 0 Å². The lowest BCUT2D eigenvalue weighted by molar-refractivity contribution is 0.104. The Labute approximate surface area is 139 Å². The Bertz CT molecular complexity index is 940. The van der Waals surface area contributed by atoms with E-state index >= 15 is 0 Å². The summed E-state index contributed by atoms with van der Waals surface area (Å²) in [4.78, 5) is 16.1. The quantitative estimate of drug-likeness (QED) is 0.484. The number of thioether (sulfide) groups is 1. The molecule has 0 atom stereocenters. The van der Waals surface area contributed by atoms with Crippen molar-refractivity contribution in [1.29, 1.82) is 0 Å². The average molecular weight is 317 g/mol. The molecular formula is C20H15NOS. The van der Waals surface area contributed by atoms with Crippen LogP contribution in [0.4, 0.5) is 5.69 Å². The number of carbonyl (C=O) groups is 1. The van der Waals surface area contributed by atoms with Crippen LogP contribution in [0.25, 0.3) is 10.8 Å². The molecule has 0 spiro atoms. The van der Waals surface area contributed by atoms with Crippen molar-refractivity contribution in [2.75, 3.05) is 11.9 Å². The van der Waals surface area contributed by atoms with Gasteiger partial charge in [-0.15, -0.1) is 0 Å². The smallest absolute Gasteiger partial charge is 0.189 e. The molecule has 0 unspecified atom stereocenters. The Morgan fingerprint density at radius 3 is 2.57 bits per heavy atom. The number of carbonyl (C=O) groups excluding carboxylic acids is 1. The Kier molecular flexibility index (Phi) is 3.43. The molecule has 0 fully saturated rings. The standard InChI is InChI=1S/C20H15NOS/c1-21-17-11-4-5-12-19(17)23-20(21)13-18(22)16-10-6-8-14-7-2-3-9-15(14)16/h2-13H,1H3/b20-13-. The molecule has 0 saturated heterocycles. The van der Waals surface area contributed by atoms with E-state index in [1.807, 2.05) is 61.6 Å². The van der Waals surface area contributed by atoms with Crippen LogP contribution in [0, 0.1) is 0 Å². The second kappa shape index (κ2) is 5.60. The summed E-state index contributed by atoms with van der Waals surface area (Å²) >= 11 is 1.64. The molecule has 2 nitrogen and oxygen atoms in total. The molecule has 1 aliphatic rings. The van der Waals surface area contributed by atoms with Gasteiger partial charge in [0.2, 0.25) is 0 Å². The molecule has 112 valence electrons. The number of anilines is 1. The third-order valence-electron chi connectivity index (χ3n) is 4.08. The van der Waals surface area contributed by atoms with Gasteiger partial charge in [0, 0.05) is 23.6 Å². The number of hydrogen-bond donors (Lipinski definition) is 0. The lowest BCUT2D eigenvalue weighted by Crippen LogP contribution is -2.11. The van der Waals surface area contributed by atoms with E-state index in [-0.39, 0.29) is 5.78 Å². The van der Waals surface area contributed by atoms with Crippen LogP contribution in [0.2, 0.25) is 0 Å². The van der Waals surface area contributed by atoms with Gasteiger partial charge in [-0.05, 0) is 22.9 Å². The van der Waals surface area contributed by atoms with Crippen LogP contribution in [0.3, 0.4) is 0 Å². The second-order valence-electron chi connectivity index (χ2n) is 5.50. The number of allylic oxidation sites excluding steroid dienone is 1. The fourth-order valence-corrected chi connectivity index (χ4v) is 3.96. The number of fused-ring (bicyclic) bond motifs is 2. The third-order valence-corrected chi connectivity index (χ3v) is 5.25. The highest BCUT2D eigenvalue weighted by molar-refractivity contribution is 8.03. The Morgan fingerprint density at radius 2 is 1.70 bits per heavy atom. The van der Waals surface area contributed by atoms with E-state index in [1.165, 1.54) is 4.90 Å².